The minimum Gasteiger partial charge on any atom is -0.459 e. The molecule has 0 bridgehead atoms. The summed E-state index contributed by atoms with van der Waals surface area (Å²) in [6.07, 6.45) is 0. The Kier molecular flexibility index (Phi) is 7.74. The minimum atomic E-state index is -1.09. The Bertz CT molecular complexity index is 680. The lowest BCUT2D eigenvalue weighted by atomic mass is 10.2. The second-order valence-corrected chi connectivity index (χ2v) is 4.83. The zero-order valence-corrected chi connectivity index (χ0v) is 14.5. The van der Waals surface area contributed by atoms with Gasteiger partial charge < -0.3 is 25.4 Å². The van der Waals surface area contributed by atoms with Crippen LogP contribution in [0.3, 0.4) is 0 Å². The zero-order chi connectivity index (χ0) is 19.7. The van der Waals surface area contributed by atoms with Crippen LogP contribution in [0, 0.1) is 0 Å². The van der Waals surface area contributed by atoms with Crippen molar-refractivity contribution in [1.29, 1.82) is 0 Å². The van der Waals surface area contributed by atoms with Crippen LogP contribution in [0.5, 0.6) is 0 Å². The molecule has 0 aromatic heterocycles. The number of amides is 3. The molecule has 0 aliphatic rings. The average molecular weight is 365 g/mol. The molecule has 1 rings (SSSR count). The monoisotopic (exact) mass is 365 g/mol. The maximum absolute atomic E-state index is 11.7. The SMILES string of the molecule is CCOC(=O)C(=O)Nc1cc(NC(C)=O)cc(NC(=O)C(=O)OCC)c1. The van der Waals surface area contributed by atoms with Gasteiger partial charge in [-0.05, 0) is 32.0 Å². The molecule has 0 aliphatic carbocycles. The van der Waals surface area contributed by atoms with Gasteiger partial charge in [0.05, 0.1) is 13.2 Å². The van der Waals surface area contributed by atoms with Crippen molar-refractivity contribution in [3.8, 4) is 0 Å². The molecule has 0 atom stereocenters. The van der Waals surface area contributed by atoms with Crippen LogP contribution in [-0.2, 0) is 33.4 Å². The van der Waals surface area contributed by atoms with Crippen molar-refractivity contribution in [2.45, 2.75) is 20.8 Å². The summed E-state index contributed by atoms with van der Waals surface area (Å²) in [4.78, 5) is 57.5. The summed E-state index contributed by atoms with van der Waals surface area (Å²) < 4.78 is 9.14. The molecule has 3 amide bonds. The fourth-order valence-electron chi connectivity index (χ4n) is 1.80. The summed E-state index contributed by atoms with van der Waals surface area (Å²) in [5, 5.41) is 7.02. The first-order chi connectivity index (χ1) is 12.3. The molecule has 1 aromatic carbocycles. The molecular weight excluding hydrogens is 346 g/mol. The van der Waals surface area contributed by atoms with Crippen LogP contribution in [-0.4, -0.2) is 42.9 Å². The first-order valence-corrected chi connectivity index (χ1v) is 7.65. The lowest BCUT2D eigenvalue weighted by molar-refractivity contribution is -0.152. The number of nitrogens with one attached hydrogen (secondary N) is 3. The maximum atomic E-state index is 11.7. The van der Waals surface area contributed by atoms with Crippen LogP contribution >= 0.6 is 0 Å². The van der Waals surface area contributed by atoms with Gasteiger partial charge in [0, 0.05) is 24.0 Å². The number of esters is 2. The third-order valence-corrected chi connectivity index (χ3v) is 2.69. The maximum Gasteiger partial charge on any atom is 0.397 e. The number of rotatable bonds is 5. The van der Waals surface area contributed by atoms with Gasteiger partial charge in [0.15, 0.2) is 0 Å². The second-order valence-electron chi connectivity index (χ2n) is 4.83. The molecule has 0 saturated heterocycles. The number of hydrogen-bond donors (Lipinski definition) is 3. The van der Waals surface area contributed by atoms with Crippen LogP contribution < -0.4 is 16.0 Å². The number of benzene rings is 1. The summed E-state index contributed by atoms with van der Waals surface area (Å²) in [7, 11) is 0. The van der Waals surface area contributed by atoms with Gasteiger partial charge in [0.1, 0.15) is 0 Å². The van der Waals surface area contributed by atoms with Crippen LogP contribution in [0.2, 0.25) is 0 Å². The Hall–Kier alpha value is -3.43. The Morgan fingerprint density at radius 2 is 1.08 bits per heavy atom. The van der Waals surface area contributed by atoms with Crippen LogP contribution in [0.15, 0.2) is 18.2 Å². The highest BCUT2D eigenvalue weighted by molar-refractivity contribution is 6.38. The highest BCUT2D eigenvalue weighted by Crippen LogP contribution is 2.23. The van der Waals surface area contributed by atoms with Crippen molar-refractivity contribution in [3.63, 3.8) is 0 Å². The van der Waals surface area contributed by atoms with Crippen molar-refractivity contribution in [2.24, 2.45) is 0 Å². The number of carbonyl (C=O) groups excluding carboxylic acids is 5. The van der Waals surface area contributed by atoms with E-state index in [9.17, 15) is 24.0 Å². The summed E-state index contributed by atoms with van der Waals surface area (Å²) in [6.45, 7) is 4.41. The van der Waals surface area contributed by atoms with E-state index in [0.29, 0.717) is 0 Å². The first-order valence-electron chi connectivity index (χ1n) is 7.65. The van der Waals surface area contributed by atoms with E-state index in [0.717, 1.165) is 0 Å². The molecular formula is C16H19N3O7. The van der Waals surface area contributed by atoms with Crippen molar-refractivity contribution in [3.05, 3.63) is 18.2 Å². The van der Waals surface area contributed by atoms with Gasteiger partial charge >= 0.3 is 23.8 Å². The predicted molar refractivity (Wildman–Crippen MR) is 91.3 cm³/mol. The molecule has 10 heteroatoms. The molecule has 26 heavy (non-hydrogen) atoms. The molecule has 0 radical (unpaired) electrons. The third kappa shape index (κ3) is 6.59. The van der Waals surface area contributed by atoms with E-state index in [1.807, 2.05) is 0 Å². The van der Waals surface area contributed by atoms with Crippen molar-refractivity contribution in [2.75, 3.05) is 29.2 Å². The summed E-state index contributed by atoms with van der Waals surface area (Å²) in [5.74, 6) is -4.64. The fourth-order valence-corrected chi connectivity index (χ4v) is 1.80. The van der Waals surface area contributed by atoms with Crippen molar-refractivity contribution in [1.82, 2.24) is 0 Å². The van der Waals surface area contributed by atoms with E-state index in [-0.39, 0.29) is 30.3 Å². The van der Waals surface area contributed by atoms with Gasteiger partial charge in [0.2, 0.25) is 5.91 Å². The molecule has 0 unspecified atom stereocenters. The van der Waals surface area contributed by atoms with E-state index >= 15 is 0 Å². The minimum absolute atomic E-state index is 0.0268. The predicted octanol–water partition coefficient (Wildman–Crippen LogP) is 0.648. The normalized spacial score (nSPS) is 9.65. The number of hydrogen-bond acceptors (Lipinski definition) is 7. The Morgan fingerprint density at radius 1 is 0.731 bits per heavy atom. The smallest absolute Gasteiger partial charge is 0.397 e. The molecule has 140 valence electrons. The fraction of sp³-hybridized carbons (Fsp3) is 0.312. The number of anilines is 3. The topological polar surface area (TPSA) is 140 Å². The summed E-state index contributed by atoms with van der Waals surface area (Å²) in [6, 6.07) is 4.01. The van der Waals surface area contributed by atoms with E-state index < -0.39 is 29.7 Å². The molecule has 0 aliphatic heterocycles. The Labute approximate surface area is 149 Å². The van der Waals surface area contributed by atoms with Gasteiger partial charge in [-0.25, -0.2) is 9.59 Å². The quantitative estimate of drug-likeness (QED) is 0.514. The lowest BCUT2D eigenvalue weighted by Crippen LogP contribution is -2.26. The van der Waals surface area contributed by atoms with E-state index in [4.69, 9.17) is 0 Å². The standard InChI is InChI=1S/C16H19N3O7/c1-4-25-15(23)13(21)18-11-6-10(17-9(3)20)7-12(8-11)19-14(22)16(24)26-5-2/h6-8H,4-5H2,1-3H3,(H,17,20)(H,18,21)(H,19,22). The third-order valence-electron chi connectivity index (χ3n) is 2.69. The molecule has 10 nitrogen and oxygen atoms in total. The first kappa shape index (κ1) is 20.6. The number of ether oxygens (including phenoxy) is 2. The Balaban J connectivity index is 3.04. The molecule has 0 saturated carbocycles. The molecule has 0 spiro atoms. The van der Waals surface area contributed by atoms with Crippen LogP contribution in [0.1, 0.15) is 20.8 Å². The second kappa shape index (κ2) is 9.77. The van der Waals surface area contributed by atoms with Crippen molar-refractivity contribution < 1.29 is 33.4 Å². The Morgan fingerprint density at radius 3 is 1.38 bits per heavy atom. The molecule has 0 heterocycles. The summed E-state index contributed by atoms with van der Waals surface area (Å²) >= 11 is 0. The highest BCUT2D eigenvalue weighted by Gasteiger charge is 2.18. The molecule has 0 fully saturated rings. The summed E-state index contributed by atoms with van der Waals surface area (Å²) in [5.41, 5.74) is 0.403. The lowest BCUT2D eigenvalue weighted by Gasteiger charge is -2.12. The van der Waals surface area contributed by atoms with Gasteiger partial charge in [-0.2, -0.15) is 0 Å². The van der Waals surface area contributed by atoms with Gasteiger partial charge in [0.25, 0.3) is 0 Å². The van der Waals surface area contributed by atoms with E-state index in [1.165, 1.54) is 25.1 Å². The van der Waals surface area contributed by atoms with Gasteiger partial charge in [-0.1, -0.05) is 0 Å². The highest BCUT2D eigenvalue weighted by atomic mass is 16.5. The number of carbonyl (C=O) groups is 5. The van der Waals surface area contributed by atoms with Crippen LogP contribution in [0.25, 0.3) is 0 Å². The van der Waals surface area contributed by atoms with E-state index in [1.54, 1.807) is 13.8 Å². The van der Waals surface area contributed by atoms with Gasteiger partial charge in [-0.3, -0.25) is 14.4 Å². The molecule has 3 N–H and O–H groups in total. The van der Waals surface area contributed by atoms with Crippen LogP contribution in [0.4, 0.5) is 17.1 Å². The largest absolute Gasteiger partial charge is 0.459 e. The van der Waals surface area contributed by atoms with E-state index in [2.05, 4.69) is 25.4 Å². The molecule has 1 aromatic rings. The zero-order valence-electron chi connectivity index (χ0n) is 14.5. The van der Waals surface area contributed by atoms with Gasteiger partial charge in [-0.15, -0.1) is 0 Å². The average Bonchev–Trinajstić information content (AvgIpc) is 2.54. The van der Waals surface area contributed by atoms with Crippen molar-refractivity contribution >= 4 is 46.7 Å².